The maximum absolute atomic E-state index is 9.59. The first-order valence-corrected chi connectivity index (χ1v) is 10.5. The second-order valence-corrected chi connectivity index (χ2v) is 7.69. The first kappa shape index (κ1) is 20.7. The summed E-state index contributed by atoms with van der Waals surface area (Å²) in [6, 6.07) is 12.1. The van der Waals surface area contributed by atoms with Crippen LogP contribution in [-0.2, 0) is 0 Å². The molecule has 0 radical (unpaired) electrons. The molecule has 1 atom stereocenters. The van der Waals surface area contributed by atoms with Crippen molar-refractivity contribution in [1.82, 2.24) is 24.5 Å². The van der Waals surface area contributed by atoms with Gasteiger partial charge in [-0.2, -0.15) is 9.97 Å². The molecule has 0 saturated carbocycles. The van der Waals surface area contributed by atoms with Crippen molar-refractivity contribution in [3.63, 3.8) is 0 Å². The van der Waals surface area contributed by atoms with E-state index >= 15 is 0 Å². The van der Waals surface area contributed by atoms with E-state index in [1.54, 1.807) is 12.5 Å². The first-order valence-electron chi connectivity index (χ1n) is 10.5. The van der Waals surface area contributed by atoms with Gasteiger partial charge in [0, 0.05) is 29.7 Å². The van der Waals surface area contributed by atoms with Crippen molar-refractivity contribution in [3.8, 4) is 11.1 Å². The summed E-state index contributed by atoms with van der Waals surface area (Å²) >= 11 is 0. The van der Waals surface area contributed by atoms with Crippen molar-refractivity contribution < 1.29 is 5.11 Å². The smallest absolute Gasteiger partial charge is 0.227 e. The number of pyridine rings is 1. The zero-order valence-electron chi connectivity index (χ0n) is 17.9. The number of aliphatic hydroxyl groups is 1. The Labute approximate surface area is 181 Å². The lowest BCUT2D eigenvalue weighted by molar-refractivity contribution is 0.271. The average molecular weight is 418 g/mol. The molecular weight excluding hydrogens is 390 g/mol. The van der Waals surface area contributed by atoms with Crippen molar-refractivity contribution in [3.05, 3.63) is 55.1 Å². The molecule has 0 aliphatic heterocycles. The van der Waals surface area contributed by atoms with Crippen molar-refractivity contribution in [2.75, 3.05) is 17.2 Å². The molecule has 8 nitrogen and oxygen atoms in total. The zero-order chi connectivity index (χ0) is 21.8. The molecule has 160 valence electrons. The Hall–Kier alpha value is -3.52. The molecule has 0 aliphatic rings. The number of rotatable bonds is 8. The molecule has 0 unspecified atom stereocenters. The molecule has 3 N–H and O–H groups in total. The number of aromatic nitrogens is 5. The van der Waals surface area contributed by atoms with E-state index in [1.165, 1.54) is 0 Å². The van der Waals surface area contributed by atoms with Crippen LogP contribution in [0.2, 0.25) is 0 Å². The number of nitrogens with one attached hydrogen (secondary N) is 2. The molecule has 3 aromatic heterocycles. The molecule has 31 heavy (non-hydrogen) atoms. The fourth-order valence-electron chi connectivity index (χ4n) is 3.35. The van der Waals surface area contributed by atoms with Crippen molar-refractivity contribution in [1.29, 1.82) is 0 Å². The highest BCUT2D eigenvalue weighted by Crippen LogP contribution is 2.28. The molecule has 0 bridgehead atoms. The van der Waals surface area contributed by atoms with E-state index in [2.05, 4.69) is 50.5 Å². The lowest BCUT2D eigenvalue weighted by Crippen LogP contribution is -2.24. The van der Waals surface area contributed by atoms with Gasteiger partial charge in [-0.3, -0.25) is 4.98 Å². The Morgan fingerprint density at radius 3 is 2.65 bits per heavy atom. The molecule has 0 aliphatic carbocycles. The monoisotopic (exact) mass is 417 g/mol. The molecule has 3 heterocycles. The summed E-state index contributed by atoms with van der Waals surface area (Å²) in [5.41, 5.74) is 4.43. The van der Waals surface area contributed by atoms with E-state index in [4.69, 9.17) is 0 Å². The molecule has 0 fully saturated rings. The van der Waals surface area contributed by atoms with E-state index in [-0.39, 0.29) is 18.7 Å². The summed E-state index contributed by atoms with van der Waals surface area (Å²) in [6.07, 6.45) is 6.15. The molecular formula is C23H27N7O. The van der Waals surface area contributed by atoms with Crippen molar-refractivity contribution >= 4 is 28.6 Å². The Morgan fingerprint density at radius 1 is 1.10 bits per heavy atom. The van der Waals surface area contributed by atoms with E-state index in [9.17, 15) is 5.11 Å². The lowest BCUT2D eigenvalue weighted by atomic mass is 10.1. The Kier molecular flexibility index (Phi) is 6.08. The molecule has 8 heteroatoms. The maximum Gasteiger partial charge on any atom is 0.227 e. The minimum absolute atomic E-state index is 0.0112. The number of anilines is 3. The predicted molar refractivity (Wildman–Crippen MR) is 123 cm³/mol. The van der Waals surface area contributed by atoms with Gasteiger partial charge in [-0.05, 0) is 44.0 Å². The average Bonchev–Trinajstić information content (AvgIpc) is 3.23. The third-order valence-corrected chi connectivity index (χ3v) is 5.14. The van der Waals surface area contributed by atoms with Crippen LogP contribution < -0.4 is 10.6 Å². The highest BCUT2D eigenvalue weighted by molar-refractivity contribution is 5.87. The van der Waals surface area contributed by atoms with Gasteiger partial charge in [-0.15, -0.1) is 0 Å². The second-order valence-electron chi connectivity index (χ2n) is 7.69. The van der Waals surface area contributed by atoms with Gasteiger partial charge >= 0.3 is 0 Å². The van der Waals surface area contributed by atoms with Crippen molar-refractivity contribution in [2.45, 2.75) is 39.3 Å². The number of hydrogen-bond donors (Lipinski definition) is 3. The van der Waals surface area contributed by atoms with E-state index in [0.29, 0.717) is 17.3 Å². The topological polar surface area (TPSA) is 101 Å². The predicted octanol–water partition coefficient (Wildman–Crippen LogP) is 4.40. The number of nitrogens with zero attached hydrogens (tertiary/aromatic N) is 5. The third kappa shape index (κ3) is 4.49. The molecule has 0 spiro atoms. The summed E-state index contributed by atoms with van der Waals surface area (Å²) in [7, 11) is 0. The quantitative estimate of drug-likeness (QED) is 0.391. The van der Waals surface area contributed by atoms with Gasteiger partial charge in [0.2, 0.25) is 5.95 Å². The summed E-state index contributed by atoms with van der Waals surface area (Å²) < 4.78 is 2.01. The molecule has 4 aromatic rings. The molecule has 1 aromatic carbocycles. The van der Waals surface area contributed by atoms with Crippen molar-refractivity contribution in [2.24, 2.45) is 0 Å². The zero-order valence-corrected chi connectivity index (χ0v) is 17.9. The number of imidazole rings is 1. The van der Waals surface area contributed by atoms with Gasteiger partial charge in [0.15, 0.2) is 17.0 Å². The van der Waals surface area contributed by atoms with Crippen LogP contribution in [0.3, 0.4) is 0 Å². The summed E-state index contributed by atoms with van der Waals surface area (Å²) in [5, 5.41) is 16.2. The largest absolute Gasteiger partial charge is 0.394 e. The third-order valence-electron chi connectivity index (χ3n) is 5.14. The highest BCUT2D eigenvalue weighted by Gasteiger charge is 2.17. The standard InChI is InChI=1S/C23H27N7O/c1-4-18(13-31)27-23-28-21(20-22(29-23)30(14-25-20)15(2)3)26-19-9-5-7-16(11-19)17-8-6-10-24-12-17/h5-12,14-15,18,31H,4,13H2,1-3H3,(H2,26,27,28,29)/t18-/m0/s1. The lowest BCUT2D eigenvalue weighted by Gasteiger charge is -2.16. The number of hydrogen-bond acceptors (Lipinski definition) is 7. The second kappa shape index (κ2) is 9.09. The number of fused-ring (bicyclic) bond motifs is 1. The SMILES string of the molecule is CC[C@@H](CO)Nc1nc(Nc2cccc(-c3cccnc3)c2)c2ncn(C(C)C)c2n1. The normalized spacial score (nSPS) is 12.3. The minimum Gasteiger partial charge on any atom is -0.394 e. The van der Waals surface area contributed by atoms with Crippen LogP contribution in [0.25, 0.3) is 22.3 Å². The van der Waals surface area contributed by atoms with Gasteiger partial charge in [0.1, 0.15) is 0 Å². The number of aliphatic hydroxyl groups excluding tert-OH is 1. The summed E-state index contributed by atoms with van der Waals surface area (Å²) in [6.45, 7) is 6.19. The van der Waals surface area contributed by atoms with Gasteiger partial charge in [0.05, 0.1) is 19.0 Å². The highest BCUT2D eigenvalue weighted by atomic mass is 16.3. The fraction of sp³-hybridized carbons (Fsp3) is 0.304. The van der Waals surface area contributed by atoms with Crippen LogP contribution in [0.4, 0.5) is 17.5 Å². The van der Waals surface area contributed by atoms with Gasteiger partial charge in [0.25, 0.3) is 0 Å². The Bertz CT molecular complexity index is 1150. The van der Waals surface area contributed by atoms with Crippen LogP contribution >= 0.6 is 0 Å². The van der Waals surface area contributed by atoms with Gasteiger partial charge < -0.3 is 20.3 Å². The van der Waals surface area contributed by atoms with E-state index in [0.717, 1.165) is 28.9 Å². The van der Waals surface area contributed by atoms with Crippen LogP contribution in [0.15, 0.2) is 55.1 Å². The fourth-order valence-corrected chi connectivity index (χ4v) is 3.35. The molecule has 4 rings (SSSR count). The molecule has 0 saturated heterocycles. The van der Waals surface area contributed by atoms with Crippen LogP contribution in [0.1, 0.15) is 33.2 Å². The van der Waals surface area contributed by atoms with Crippen LogP contribution in [-0.4, -0.2) is 42.3 Å². The maximum atomic E-state index is 9.59. The first-order chi connectivity index (χ1) is 15.1. The summed E-state index contributed by atoms with van der Waals surface area (Å²) in [4.78, 5) is 18.1. The number of benzene rings is 1. The summed E-state index contributed by atoms with van der Waals surface area (Å²) in [5.74, 6) is 1.07. The van der Waals surface area contributed by atoms with E-state index < -0.39 is 0 Å². The van der Waals surface area contributed by atoms with Gasteiger partial charge in [-0.25, -0.2) is 4.98 Å². The van der Waals surface area contributed by atoms with E-state index in [1.807, 2.05) is 48.0 Å². The Morgan fingerprint density at radius 2 is 1.94 bits per heavy atom. The minimum atomic E-state index is -0.116. The van der Waals surface area contributed by atoms with Gasteiger partial charge in [-0.1, -0.05) is 25.1 Å². The van der Waals surface area contributed by atoms with Crippen LogP contribution in [0, 0.1) is 0 Å². The molecule has 0 amide bonds. The van der Waals surface area contributed by atoms with Crippen LogP contribution in [0.5, 0.6) is 0 Å². The Balaban J connectivity index is 1.74.